The number of carboxylic acids is 1. The van der Waals surface area contributed by atoms with E-state index in [0.717, 1.165) is 12.8 Å². The molecule has 0 aromatic carbocycles. The highest BCUT2D eigenvalue weighted by Crippen LogP contribution is 2.24. The van der Waals surface area contributed by atoms with Crippen LogP contribution in [0.4, 0.5) is 0 Å². The van der Waals surface area contributed by atoms with Crippen molar-refractivity contribution in [2.45, 2.75) is 38.6 Å². The fourth-order valence-electron chi connectivity index (χ4n) is 2.59. The van der Waals surface area contributed by atoms with Crippen LogP contribution in [0.2, 0.25) is 0 Å². The predicted molar refractivity (Wildman–Crippen MR) is 66.3 cm³/mol. The molecule has 0 aliphatic carbocycles. The molecule has 1 saturated heterocycles. The van der Waals surface area contributed by atoms with Gasteiger partial charge in [0.15, 0.2) is 0 Å². The van der Waals surface area contributed by atoms with Crippen LogP contribution in [-0.4, -0.2) is 46.1 Å². The molecule has 0 saturated carbocycles. The van der Waals surface area contributed by atoms with Gasteiger partial charge in [0.2, 0.25) is 5.91 Å². The summed E-state index contributed by atoms with van der Waals surface area (Å²) >= 11 is 0. The smallest absolute Gasteiger partial charge is 0.326 e. The van der Waals surface area contributed by atoms with Gasteiger partial charge in [-0.25, -0.2) is 10.2 Å². The van der Waals surface area contributed by atoms with Gasteiger partial charge in [0, 0.05) is 19.4 Å². The summed E-state index contributed by atoms with van der Waals surface area (Å²) in [5.74, 6) is -1.66. The molecule has 0 bridgehead atoms. The van der Waals surface area contributed by atoms with Crippen LogP contribution in [0.1, 0.15) is 32.6 Å². The van der Waals surface area contributed by atoms with Gasteiger partial charge in [-0.05, 0) is 18.8 Å². The molecule has 7 nitrogen and oxygen atoms in total. The summed E-state index contributed by atoms with van der Waals surface area (Å²) in [6, 6.07) is -0.804. The van der Waals surface area contributed by atoms with Gasteiger partial charge < -0.3 is 10.0 Å². The summed E-state index contributed by atoms with van der Waals surface area (Å²) < 4.78 is 0. The van der Waals surface area contributed by atoms with Gasteiger partial charge in [0.25, 0.3) is 5.91 Å². The van der Waals surface area contributed by atoms with Crippen molar-refractivity contribution in [1.29, 1.82) is 0 Å². The van der Waals surface area contributed by atoms with Gasteiger partial charge in [-0.1, -0.05) is 6.92 Å². The first-order valence-corrected chi connectivity index (χ1v) is 6.40. The van der Waals surface area contributed by atoms with Crippen LogP contribution < -0.4 is 5.43 Å². The Morgan fingerprint density at radius 3 is 2.74 bits per heavy atom. The molecule has 2 amide bonds. The average Bonchev–Trinajstić information content (AvgIpc) is 2.38. The van der Waals surface area contributed by atoms with Gasteiger partial charge in [-0.3, -0.25) is 9.59 Å². The normalized spacial score (nSPS) is 27.5. The molecule has 2 heterocycles. The molecule has 2 aliphatic heterocycles. The Bertz CT molecular complexity index is 446. The molecule has 2 atom stereocenters. The first-order chi connectivity index (χ1) is 9.00. The molecule has 2 N–H and O–H groups in total. The van der Waals surface area contributed by atoms with E-state index in [0.29, 0.717) is 6.54 Å². The Hall–Kier alpha value is -1.92. The average molecular weight is 267 g/mol. The van der Waals surface area contributed by atoms with Crippen LogP contribution in [0.15, 0.2) is 5.10 Å². The molecule has 2 aliphatic rings. The van der Waals surface area contributed by atoms with Crippen molar-refractivity contribution in [3.8, 4) is 0 Å². The number of hydrazone groups is 1. The van der Waals surface area contributed by atoms with Gasteiger partial charge >= 0.3 is 5.97 Å². The van der Waals surface area contributed by atoms with E-state index in [-0.39, 0.29) is 36.3 Å². The first kappa shape index (κ1) is 13.5. The highest BCUT2D eigenvalue weighted by molar-refractivity contribution is 6.39. The van der Waals surface area contributed by atoms with Crippen LogP contribution in [0.3, 0.4) is 0 Å². The van der Waals surface area contributed by atoms with Gasteiger partial charge in [-0.15, -0.1) is 0 Å². The van der Waals surface area contributed by atoms with Crippen LogP contribution in [0.25, 0.3) is 0 Å². The van der Waals surface area contributed by atoms with Gasteiger partial charge in [0.05, 0.1) is 0 Å². The standard InChI is InChI=1S/C12H17N3O4/c1-7-3-2-6-15(10(7)12(18)19)11(17)8-4-5-9(16)14-13-8/h7,10H,2-6H2,1H3,(H,14,16)(H,18,19). The molecule has 19 heavy (non-hydrogen) atoms. The molecule has 7 heteroatoms. The second-order valence-corrected chi connectivity index (χ2v) is 4.99. The largest absolute Gasteiger partial charge is 0.480 e. The van der Waals surface area contributed by atoms with Crippen molar-refractivity contribution in [2.24, 2.45) is 11.0 Å². The number of carbonyl (C=O) groups is 3. The summed E-state index contributed by atoms with van der Waals surface area (Å²) in [5.41, 5.74) is 2.50. The minimum atomic E-state index is -0.985. The number of nitrogens with zero attached hydrogens (tertiary/aromatic N) is 2. The zero-order chi connectivity index (χ0) is 14.0. The monoisotopic (exact) mass is 267 g/mol. The topological polar surface area (TPSA) is 99.1 Å². The van der Waals surface area contributed by atoms with Crippen LogP contribution in [0.5, 0.6) is 0 Å². The molecule has 2 rings (SSSR count). The first-order valence-electron chi connectivity index (χ1n) is 6.40. The summed E-state index contributed by atoms with van der Waals surface area (Å²) in [4.78, 5) is 36.0. The zero-order valence-electron chi connectivity index (χ0n) is 10.8. The van der Waals surface area contributed by atoms with Gasteiger partial charge in [0.1, 0.15) is 11.8 Å². The quantitative estimate of drug-likeness (QED) is 0.733. The number of nitrogens with one attached hydrogen (secondary N) is 1. The molecule has 0 spiro atoms. The second kappa shape index (κ2) is 5.38. The lowest BCUT2D eigenvalue weighted by Crippen LogP contribution is -2.54. The van der Waals surface area contributed by atoms with E-state index in [1.165, 1.54) is 4.90 Å². The molecule has 0 radical (unpaired) electrons. The van der Waals surface area contributed by atoms with E-state index in [9.17, 15) is 19.5 Å². The van der Waals surface area contributed by atoms with Crippen molar-refractivity contribution < 1.29 is 19.5 Å². The highest BCUT2D eigenvalue weighted by Gasteiger charge is 2.38. The van der Waals surface area contributed by atoms with Crippen molar-refractivity contribution in [3.05, 3.63) is 0 Å². The number of carbonyl (C=O) groups excluding carboxylic acids is 2. The Balaban J connectivity index is 2.16. The summed E-state index contributed by atoms with van der Waals surface area (Å²) in [7, 11) is 0. The minimum Gasteiger partial charge on any atom is -0.480 e. The lowest BCUT2D eigenvalue weighted by atomic mass is 9.90. The lowest BCUT2D eigenvalue weighted by molar-refractivity contribution is -0.152. The Morgan fingerprint density at radius 1 is 1.42 bits per heavy atom. The van der Waals surface area contributed by atoms with Gasteiger partial charge in [-0.2, -0.15) is 5.10 Å². The molecule has 0 aromatic heterocycles. The van der Waals surface area contributed by atoms with E-state index >= 15 is 0 Å². The lowest BCUT2D eigenvalue weighted by Gasteiger charge is -2.37. The van der Waals surface area contributed by atoms with Crippen molar-refractivity contribution in [1.82, 2.24) is 10.3 Å². The Kier molecular flexibility index (Phi) is 3.82. The van der Waals surface area contributed by atoms with E-state index < -0.39 is 12.0 Å². The third-order valence-electron chi connectivity index (χ3n) is 3.60. The number of aliphatic carboxylic acids is 1. The third kappa shape index (κ3) is 2.74. The maximum atomic E-state index is 12.3. The summed E-state index contributed by atoms with van der Waals surface area (Å²) in [6.45, 7) is 2.26. The number of likely N-dealkylation sites (tertiary alicyclic amines) is 1. The number of piperidine rings is 1. The SMILES string of the molecule is CC1CCCN(C(=O)C2=NNC(=O)CC2)C1C(=O)O. The summed E-state index contributed by atoms with van der Waals surface area (Å²) in [5, 5.41) is 13.0. The second-order valence-electron chi connectivity index (χ2n) is 4.99. The number of hydrogen-bond donors (Lipinski definition) is 2. The highest BCUT2D eigenvalue weighted by atomic mass is 16.4. The molecule has 2 unspecified atom stereocenters. The third-order valence-corrected chi connectivity index (χ3v) is 3.60. The predicted octanol–water partition coefficient (Wildman–Crippen LogP) is -0.0359. The number of hydrogen-bond acceptors (Lipinski definition) is 4. The fraction of sp³-hybridized carbons (Fsp3) is 0.667. The van der Waals surface area contributed by atoms with Crippen molar-refractivity contribution >= 4 is 23.5 Å². The van der Waals surface area contributed by atoms with E-state index in [1.807, 2.05) is 6.92 Å². The van der Waals surface area contributed by atoms with E-state index in [2.05, 4.69) is 10.5 Å². The van der Waals surface area contributed by atoms with E-state index in [4.69, 9.17) is 0 Å². The molecule has 0 aromatic rings. The number of carboxylic acid groups (broad SMARTS) is 1. The van der Waals surface area contributed by atoms with Crippen molar-refractivity contribution in [2.75, 3.05) is 6.54 Å². The molecular formula is C12H17N3O4. The molecule has 104 valence electrons. The van der Waals surface area contributed by atoms with Crippen LogP contribution >= 0.6 is 0 Å². The Labute approximate surface area is 110 Å². The fourth-order valence-corrected chi connectivity index (χ4v) is 2.59. The molecule has 1 fully saturated rings. The van der Waals surface area contributed by atoms with Crippen molar-refractivity contribution in [3.63, 3.8) is 0 Å². The molecular weight excluding hydrogens is 250 g/mol. The Morgan fingerprint density at radius 2 is 2.16 bits per heavy atom. The number of amides is 2. The van der Waals surface area contributed by atoms with Crippen LogP contribution in [0, 0.1) is 5.92 Å². The zero-order valence-corrected chi connectivity index (χ0v) is 10.8. The number of rotatable bonds is 2. The minimum absolute atomic E-state index is 0.0750. The summed E-state index contributed by atoms with van der Waals surface area (Å²) in [6.07, 6.45) is 2.06. The maximum Gasteiger partial charge on any atom is 0.326 e. The van der Waals surface area contributed by atoms with Crippen LogP contribution in [-0.2, 0) is 14.4 Å². The maximum absolute atomic E-state index is 12.3. The van der Waals surface area contributed by atoms with E-state index in [1.54, 1.807) is 0 Å².